The Labute approximate surface area is 170 Å². The maximum Gasteiger partial charge on any atom is 0.252 e. The predicted octanol–water partition coefficient (Wildman–Crippen LogP) is 3.04. The van der Waals surface area contributed by atoms with Crippen LogP contribution in [0.3, 0.4) is 0 Å². The van der Waals surface area contributed by atoms with Gasteiger partial charge in [0.25, 0.3) is 10.0 Å². The Morgan fingerprint density at radius 2 is 1.93 bits per heavy atom. The van der Waals surface area contributed by atoms with Gasteiger partial charge in [-0.1, -0.05) is 12.1 Å². The smallest absolute Gasteiger partial charge is 0.252 e. The molecule has 1 N–H and O–H groups in total. The van der Waals surface area contributed by atoms with Crippen molar-refractivity contribution >= 4 is 27.3 Å². The Morgan fingerprint density at radius 1 is 1.21 bits per heavy atom. The van der Waals surface area contributed by atoms with Crippen molar-refractivity contribution in [2.45, 2.75) is 37.1 Å². The van der Waals surface area contributed by atoms with Crippen LogP contribution in [-0.2, 0) is 14.8 Å². The Kier molecular flexibility index (Phi) is 7.45. The van der Waals surface area contributed by atoms with Gasteiger partial charge in [-0.2, -0.15) is 4.31 Å². The maximum absolute atomic E-state index is 12.4. The third-order valence-corrected chi connectivity index (χ3v) is 7.13. The molecule has 0 spiro atoms. The molecular formula is C19H26N2O5S2. The van der Waals surface area contributed by atoms with Crippen LogP contribution in [0.4, 0.5) is 0 Å². The Bertz CT molecular complexity index is 895. The number of amides is 1. The molecule has 2 aromatic rings. The summed E-state index contributed by atoms with van der Waals surface area (Å²) in [4.78, 5) is 12.4. The molecule has 7 nitrogen and oxygen atoms in total. The number of benzene rings is 1. The predicted molar refractivity (Wildman–Crippen MR) is 109 cm³/mol. The molecule has 1 aromatic carbocycles. The molecule has 1 amide bonds. The van der Waals surface area contributed by atoms with E-state index in [0.717, 1.165) is 21.2 Å². The molecule has 1 aromatic heterocycles. The van der Waals surface area contributed by atoms with Crippen molar-refractivity contribution in [3.63, 3.8) is 0 Å². The van der Waals surface area contributed by atoms with Gasteiger partial charge in [-0.3, -0.25) is 4.79 Å². The molecule has 0 fully saturated rings. The molecule has 154 valence electrons. The third-order valence-electron chi connectivity index (χ3n) is 3.95. The number of thiophene rings is 1. The van der Waals surface area contributed by atoms with Crippen LogP contribution in [0.5, 0.6) is 11.5 Å². The van der Waals surface area contributed by atoms with Gasteiger partial charge in [-0.25, -0.2) is 8.42 Å². The molecule has 0 saturated heterocycles. The first-order chi connectivity index (χ1) is 13.1. The molecule has 0 aliphatic rings. The lowest BCUT2D eigenvalue weighted by molar-refractivity contribution is -0.121. The minimum absolute atomic E-state index is 0.0118. The molecule has 0 aliphatic heterocycles. The summed E-state index contributed by atoms with van der Waals surface area (Å²) in [6, 6.07) is 8.29. The second-order valence-electron chi connectivity index (χ2n) is 6.56. The quantitative estimate of drug-likeness (QED) is 0.666. The van der Waals surface area contributed by atoms with E-state index in [4.69, 9.17) is 9.47 Å². The number of carbonyl (C=O) groups excluding carboxylic acids is 1. The molecular weight excluding hydrogens is 400 g/mol. The monoisotopic (exact) mass is 426 g/mol. The summed E-state index contributed by atoms with van der Waals surface area (Å²) in [6.07, 6.45) is 0.0118. The molecule has 2 rings (SSSR count). The SMILES string of the molecule is COc1cc(C(C)NC(=O)CN(C)S(=O)(=O)c2cccs2)ccc1OC(C)C. The number of hydrogen-bond donors (Lipinski definition) is 1. The number of carbonyl (C=O) groups is 1. The highest BCUT2D eigenvalue weighted by Gasteiger charge is 2.24. The van der Waals surface area contributed by atoms with Crippen LogP contribution >= 0.6 is 11.3 Å². The first-order valence-corrected chi connectivity index (χ1v) is 11.1. The molecule has 0 bridgehead atoms. The minimum atomic E-state index is -3.66. The summed E-state index contributed by atoms with van der Waals surface area (Å²) < 4.78 is 37.2. The van der Waals surface area contributed by atoms with Crippen molar-refractivity contribution in [1.29, 1.82) is 0 Å². The van der Waals surface area contributed by atoms with Crippen molar-refractivity contribution in [3.8, 4) is 11.5 Å². The lowest BCUT2D eigenvalue weighted by atomic mass is 10.1. The van der Waals surface area contributed by atoms with Gasteiger partial charge >= 0.3 is 0 Å². The van der Waals surface area contributed by atoms with Crippen LogP contribution in [-0.4, -0.2) is 45.4 Å². The van der Waals surface area contributed by atoms with E-state index in [0.29, 0.717) is 11.5 Å². The highest BCUT2D eigenvalue weighted by molar-refractivity contribution is 7.91. The van der Waals surface area contributed by atoms with Crippen LogP contribution in [0.15, 0.2) is 39.9 Å². The van der Waals surface area contributed by atoms with E-state index in [9.17, 15) is 13.2 Å². The van der Waals surface area contributed by atoms with Gasteiger partial charge < -0.3 is 14.8 Å². The van der Waals surface area contributed by atoms with E-state index >= 15 is 0 Å². The number of methoxy groups -OCH3 is 1. The highest BCUT2D eigenvalue weighted by Crippen LogP contribution is 2.31. The number of sulfonamides is 1. The van der Waals surface area contributed by atoms with Gasteiger partial charge in [0.15, 0.2) is 11.5 Å². The van der Waals surface area contributed by atoms with Crippen LogP contribution in [0.1, 0.15) is 32.4 Å². The summed E-state index contributed by atoms with van der Waals surface area (Å²) in [6.45, 7) is 5.41. The molecule has 0 saturated carbocycles. The molecule has 0 aliphatic carbocycles. The van der Waals surface area contributed by atoms with E-state index in [1.165, 1.54) is 13.1 Å². The van der Waals surface area contributed by atoms with Gasteiger partial charge in [0.05, 0.1) is 25.8 Å². The van der Waals surface area contributed by atoms with Crippen molar-refractivity contribution in [1.82, 2.24) is 9.62 Å². The number of nitrogens with zero attached hydrogens (tertiary/aromatic N) is 1. The van der Waals surface area contributed by atoms with Crippen molar-refractivity contribution in [2.24, 2.45) is 0 Å². The average Bonchev–Trinajstić information content (AvgIpc) is 3.16. The maximum atomic E-state index is 12.4. The van der Waals surface area contributed by atoms with Gasteiger partial charge in [-0.05, 0) is 49.9 Å². The average molecular weight is 427 g/mol. The fraction of sp³-hybridized carbons (Fsp3) is 0.421. The van der Waals surface area contributed by atoms with Crippen molar-refractivity contribution in [2.75, 3.05) is 20.7 Å². The Morgan fingerprint density at radius 3 is 2.50 bits per heavy atom. The van der Waals surface area contributed by atoms with E-state index in [-0.39, 0.29) is 22.9 Å². The van der Waals surface area contributed by atoms with Crippen LogP contribution < -0.4 is 14.8 Å². The van der Waals surface area contributed by atoms with E-state index < -0.39 is 15.9 Å². The van der Waals surface area contributed by atoms with E-state index in [1.54, 1.807) is 30.7 Å². The Balaban J connectivity index is 2.04. The lowest BCUT2D eigenvalue weighted by Crippen LogP contribution is -2.39. The second-order valence-corrected chi connectivity index (χ2v) is 9.78. The molecule has 9 heteroatoms. The standard InChI is InChI=1S/C19H26N2O5S2/c1-13(2)26-16-9-8-15(11-17(16)25-5)14(3)20-18(22)12-21(4)28(23,24)19-7-6-10-27-19/h6-11,13-14H,12H2,1-5H3,(H,20,22). The first kappa shape index (κ1) is 22.2. The summed E-state index contributed by atoms with van der Waals surface area (Å²) in [5, 5.41) is 4.50. The van der Waals surface area contributed by atoms with Gasteiger partial charge in [0.1, 0.15) is 4.21 Å². The number of hydrogen-bond acceptors (Lipinski definition) is 6. The fourth-order valence-electron chi connectivity index (χ4n) is 2.53. The summed E-state index contributed by atoms with van der Waals surface area (Å²) >= 11 is 1.12. The topological polar surface area (TPSA) is 84.9 Å². The van der Waals surface area contributed by atoms with Gasteiger partial charge in [-0.15, -0.1) is 11.3 Å². The Hall–Kier alpha value is -2.10. The molecule has 0 radical (unpaired) electrons. The third kappa shape index (κ3) is 5.46. The molecule has 1 atom stereocenters. The number of likely N-dealkylation sites (N-methyl/N-ethyl adjacent to an activating group) is 1. The second kappa shape index (κ2) is 9.40. The number of nitrogens with one attached hydrogen (secondary N) is 1. The van der Waals surface area contributed by atoms with Crippen LogP contribution in [0.25, 0.3) is 0 Å². The largest absolute Gasteiger partial charge is 0.493 e. The fourth-order valence-corrected chi connectivity index (χ4v) is 4.85. The van der Waals surface area contributed by atoms with E-state index in [2.05, 4.69) is 5.32 Å². The number of rotatable bonds is 9. The van der Waals surface area contributed by atoms with Crippen molar-refractivity contribution in [3.05, 3.63) is 41.3 Å². The van der Waals surface area contributed by atoms with Gasteiger partial charge in [0.2, 0.25) is 5.91 Å². The zero-order chi connectivity index (χ0) is 20.9. The molecule has 28 heavy (non-hydrogen) atoms. The molecule has 1 heterocycles. The van der Waals surface area contributed by atoms with Crippen LogP contribution in [0.2, 0.25) is 0 Å². The minimum Gasteiger partial charge on any atom is -0.493 e. The lowest BCUT2D eigenvalue weighted by Gasteiger charge is -2.20. The number of ether oxygens (including phenoxy) is 2. The summed E-state index contributed by atoms with van der Waals surface area (Å²) in [5.41, 5.74) is 0.824. The zero-order valence-electron chi connectivity index (χ0n) is 16.6. The normalized spacial score (nSPS) is 12.8. The van der Waals surface area contributed by atoms with Crippen molar-refractivity contribution < 1.29 is 22.7 Å². The highest BCUT2D eigenvalue weighted by atomic mass is 32.2. The zero-order valence-corrected chi connectivity index (χ0v) is 18.3. The van der Waals surface area contributed by atoms with Gasteiger partial charge in [0, 0.05) is 7.05 Å². The summed E-state index contributed by atoms with van der Waals surface area (Å²) in [5.74, 6) is 0.808. The van der Waals surface area contributed by atoms with E-state index in [1.807, 2.05) is 26.8 Å². The van der Waals surface area contributed by atoms with Crippen LogP contribution in [0, 0.1) is 0 Å². The first-order valence-electron chi connectivity index (χ1n) is 8.79. The molecule has 1 unspecified atom stereocenters. The summed E-state index contributed by atoms with van der Waals surface area (Å²) in [7, 11) is -0.720.